The predicted octanol–water partition coefficient (Wildman–Crippen LogP) is 2.61. The van der Waals surface area contributed by atoms with Crippen molar-refractivity contribution in [3.05, 3.63) is 59.2 Å². The Kier molecular flexibility index (Phi) is 3.62. The molecule has 0 aliphatic carbocycles. The molecule has 0 atom stereocenters. The number of hydrogen-bond donors (Lipinski definition) is 2. The average molecular weight is 281 g/mol. The van der Waals surface area contributed by atoms with Crippen LogP contribution in [0.2, 0.25) is 0 Å². The van der Waals surface area contributed by atoms with Crippen molar-refractivity contribution in [2.75, 3.05) is 24.3 Å². The van der Waals surface area contributed by atoms with Crippen LogP contribution in [0.5, 0.6) is 0 Å². The number of nitrogens with zero attached hydrogens (tertiary/aromatic N) is 1. The summed E-state index contributed by atoms with van der Waals surface area (Å²) in [6.07, 6.45) is 0. The van der Waals surface area contributed by atoms with Gasteiger partial charge in [0.25, 0.3) is 5.91 Å². The van der Waals surface area contributed by atoms with Crippen LogP contribution in [-0.4, -0.2) is 20.0 Å². The maximum absolute atomic E-state index is 12.4. The molecule has 21 heavy (non-hydrogen) atoms. The smallest absolute Gasteiger partial charge is 0.255 e. The zero-order valence-corrected chi connectivity index (χ0v) is 12.3. The largest absolute Gasteiger partial charge is 0.376 e. The number of para-hydroxylation sites is 2. The van der Waals surface area contributed by atoms with Crippen LogP contribution in [-0.2, 0) is 13.1 Å². The van der Waals surface area contributed by atoms with Gasteiger partial charge in [0, 0.05) is 32.7 Å². The molecule has 0 aromatic heterocycles. The topological polar surface area (TPSA) is 44.4 Å². The zero-order valence-electron chi connectivity index (χ0n) is 12.3. The van der Waals surface area contributed by atoms with Gasteiger partial charge in [-0.2, -0.15) is 0 Å². The molecule has 0 saturated carbocycles. The molecule has 2 aromatic carbocycles. The van der Waals surface area contributed by atoms with E-state index in [1.54, 1.807) is 0 Å². The molecule has 0 bridgehead atoms. The SMILES string of the molecule is CN(C)c1ccccc1NC(=O)c1ccc2c(c1)CNC2. The number of carbonyl (C=O) groups excluding carboxylic acids is 1. The molecular weight excluding hydrogens is 262 g/mol. The highest BCUT2D eigenvalue weighted by Crippen LogP contribution is 2.24. The molecule has 2 N–H and O–H groups in total. The predicted molar refractivity (Wildman–Crippen MR) is 85.7 cm³/mol. The fourth-order valence-corrected chi connectivity index (χ4v) is 2.60. The number of amides is 1. The van der Waals surface area contributed by atoms with E-state index in [1.165, 1.54) is 11.1 Å². The monoisotopic (exact) mass is 281 g/mol. The number of anilines is 2. The van der Waals surface area contributed by atoms with Crippen molar-refractivity contribution >= 4 is 17.3 Å². The van der Waals surface area contributed by atoms with Crippen molar-refractivity contribution in [3.8, 4) is 0 Å². The van der Waals surface area contributed by atoms with Crippen LogP contribution >= 0.6 is 0 Å². The summed E-state index contributed by atoms with van der Waals surface area (Å²) in [5.41, 5.74) is 5.01. The van der Waals surface area contributed by atoms with Crippen molar-refractivity contribution in [2.24, 2.45) is 0 Å². The van der Waals surface area contributed by atoms with Gasteiger partial charge in [-0.05, 0) is 35.4 Å². The highest BCUT2D eigenvalue weighted by atomic mass is 16.1. The van der Waals surface area contributed by atoms with Gasteiger partial charge < -0.3 is 15.5 Å². The lowest BCUT2D eigenvalue weighted by Gasteiger charge is -2.17. The van der Waals surface area contributed by atoms with E-state index in [4.69, 9.17) is 0 Å². The normalized spacial score (nSPS) is 12.9. The third-order valence-corrected chi connectivity index (χ3v) is 3.73. The summed E-state index contributed by atoms with van der Waals surface area (Å²) in [6.45, 7) is 1.73. The van der Waals surface area contributed by atoms with Crippen LogP contribution in [0.1, 0.15) is 21.5 Å². The van der Waals surface area contributed by atoms with E-state index in [0.29, 0.717) is 5.56 Å². The summed E-state index contributed by atoms with van der Waals surface area (Å²) in [5.74, 6) is -0.0704. The molecule has 0 fully saturated rings. The van der Waals surface area contributed by atoms with Gasteiger partial charge in [0.2, 0.25) is 0 Å². The van der Waals surface area contributed by atoms with Gasteiger partial charge in [-0.1, -0.05) is 18.2 Å². The fourth-order valence-electron chi connectivity index (χ4n) is 2.60. The minimum absolute atomic E-state index is 0.0704. The maximum Gasteiger partial charge on any atom is 0.255 e. The molecule has 0 spiro atoms. The highest BCUT2D eigenvalue weighted by Gasteiger charge is 2.14. The first-order valence-corrected chi connectivity index (χ1v) is 7.05. The van der Waals surface area contributed by atoms with Crippen molar-refractivity contribution < 1.29 is 4.79 Å². The van der Waals surface area contributed by atoms with E-state index < -0.39 is 0 Å². The van der Waals surface area contributed by atoms with E-state index >= 15 is 0 Å². The molecule has 1 aliphatic heterocycles. The van der Waals surface area contributed by atoms with Crippen LogP contribution in [0.3, 0.4) is 0 Å². The molecule has 1 heterocycles. The Balaban J connectivity index is 1.84. The Labute approximate surface area is 124 Å². The van der Waals surface area contributed by atoms with Gasteiger partial charge in [-0.15, -0.1) is 0 Å². The molecule has 4 heteroatoms. The van der Waals surface area contributed by atoms with Crippen molar-refractivity contribution in [3.63, 3.8) is 0 Å². The summed E-state index contributed by atoms with van der Waals surface area (Å²) in [6, 6.07) is 13.7. The molecule has 0 unspecified atom stereocenters. The molecule has 0 radical (unpaired) electrons. The van der Waals surface area contributed by atoms with E-state index in [1.807, 2.05) is 61.5 Å². The molecule has 4 nitrogen and oxygen atoms in total. The molecular formula is C17H19N3O. The van der Waals surface area contributed by atoms with E-state index in [-0.39, 0.29) is 5.91 Å². The minimum Gasteiger partial charge on any atom is -0.376 e. The van der Waals surface area contributed by atoms with Gasteiger partial charge >= 0.3 is 0 Å². The van der Waals surface area contributed by atoms with E-state index in [2.05, 4.69) is 10.6 Å². The molecule has 1 aliphatic rings. The first kappa shape index (κ1) is 13.6. The summed E-state index contributed by atoms with van der Waals surface area (Å²) in [5, 5.41) is 6.29. The molecule has 0 saturated heterocycles. The summed E-state index contributed by atoms with van der Waals surface area (Å²) >= 11 is 0. The quantitative estimate of drug-likeness (QED) is 0.909. The number of hydrogen-bond acceptors (Lipinski definition) is 3. The lowest BCUT2D eigenvalue weighted by Crippen LogP contribution is -2.16. The number of nitrogens with one attached hydrogen (secondary N) is 2. The van der Waals surface area contributed by atoms with Gasteiger partial charge in [0.05, 0.1) is 11.4 Å². The Morgan fingerprint density at radius 3 is 2.67 bits per heavy atom. The lowest BCUT2D eigenvalue weighted by molar-refractivity contribution is 0.102. The van der Waals surface area contributed by atoms with Crippen LogP contribution in [0.15, 0.2) is 42.5 Å². The maximum atomic E-state index is 12.4. The molecule has 108 valence electrons. The Hall–Kier alpha value is -2.33. The Morgan fingerprint density at radius 2 is 1.86 bits per heavy atom. The second-order valence-corrected chi connectivity index (χ2v) is 5.45. The third kappa shape index (κ3) is 2.76. The van der Waals surface area contributed by atoms with Gasteiger partial charge in [0.1, 0.15) is 0 Å². The molecule has 2 aromatic rings. The standard InChI is InChI=1S/C17H19N3O/c1-20(2)16-6-4-3-5-15(16)19-17(21)12-7-8-13-10-18-11-14(13)9-12/h3-9,18H,10-11H2,1-2H3,(H,19,21). The summed E-state index contributed by atoms with van der Waals surface area (Å²) in [7, 11) is 3.93. The van der Waals surface area contributed by atoms with Crippen molar-refractivity contribution in [1.82, 2.24) is 5.32 Å². The number of carbonyl (C=O) groups is 1. The van der Waals surface area contributed by atoms with Crippen LogP contribution < -0.4 is 15.5 Å². The van der Waals surface area contributed by atoms with Crippen LogP contribution in [0.25, 0.3) is 0 Å². The van der Waals surface area contributed by atoms with Crippen LogP contribution in [0.4, 0.5) is 11.4 Å². The number of rotatable bonds is 3. The highest BCUT2D eigenvalue weighted by molar-refractivity contribution is 6.06. The van der Waals surface area contributed by atoms with Crippen molar-refractivity contribution in [1.29, 1.82) is 0 Å². The average Bonchev–Trinajstić information content (AvgIpc) is 2.94. The second kappa shape index (κ2) is 5.58. The molecule has 1 amide bonds. The van der Waals surface area contributed by atoms with Gasteiger partial charge in [0.15, 0.2) is 0 Å². The van der Waals surface area contributed by atoms with E-state index in [9.17, 15) is 4.79 Å². The first-order chi connectivity index (χ1) is 10.1. The van der Waals surface area contributed by atoms with Crippen molar-refractivity contribution in [2.45, 2.75) is 13.1 Å². The fraction of sp³-hybridized carbons (Fsp3) is 0.235. The Morgan fingerprint density at radius 1 is 1.10 bits per heavy atom. The number of benzene rings is 2. The summed E-state index contributed by atoms with van der Waals surface area (Å²) in [4.78, 5) is 14.4. The van der Waals surface area contributed by atoms with Gasteiger partial charge in [-0.25, -0.2) is 0 Å². The van der Waals surface area contributed by atoms with Gasteiger partial charge in [-0.3, -0.25) is 4.79 Å². The number of fused-ring (bicyclic) bond motifs is 1. The Bertz CT molecular complexity index is 679. The van der Waals surface area contributed by atoms with Crippen LogP contribution in [0, 0.1) is 0 Å². The molecule has 3 rings (SSSR count). The lowest BCUT2D eigenvalue weighted by atomic mass is 10.1. The second-order valence-electron chi connectivity index (χ2n) is 5.45. The van der Waals surface area contributed by atoms with E-state index in [0.717, 1.165) is 24.5 Å². The minimum atomic E-state index is -0.0704. The first-order valence-electron chi connectivity index (χ1n) is 7.05. The third-order valence-electron chi connectivity index (χ3n) is 3.73. The summed E-state index contributed by atoms with van der Waals surface area (Å²) < 4.78 is 0. The zero-order chi connectivity index (χ0) is 14.8.